The second kappa shape index (κ2) is 5.22. The maximum atomic E-state index is 2.22. The van der Waals surface area contributed by atoms with Gasteiger partial charge in [-0.25, -0.2) is 0 Å². The highest BCUT2D eigenvalue weighted by molar-refractivity contribution is 7.99. The fourth-order valence-corrected chi connectivity index (χ4v) is 2.47. The van der Waals surface area contributed by atoms with Gasteiger partial charge in [-0.3, -0.25) is 0 Å². The summed E-state index contributed by atoms with van der Waals surface area (Å²) in [6.07, 6.45) is 0. The van der Waals surface area contributed by atoms with Gasteiger partial charge in [-0.1, -0.05) is 56.3 Å². The molecule has 0 saturated carbocycles. The summed E-state index contributed by atoms with van der Waals surface area (Å²) in [6.45, 7) is 4.44. The van der Waals surface area contributed by atoms with E-state index in [-0.39, 0.29) is 0 Å². The van der Waals surface area contributed by atoms with Crippen molar-refractivity contribution in [1.29, 1.82) is 0 Å². The Hall–Kier alpha value is -1.21. The van der Waals surface area contributed by atoms with E-state index in [1.165, 1.54) is 16.0 Å². The van der Waals surface area contributed by atoms with E-state index in [0.29, 0.717) is 5.25 Å². The molecule has 0 N–H and O–H groups in total. The van der Waals surface area contributed by atoms with Gasteiger partial charge in [0.1, 0.15) is 0 Å². The first-order valence-electron chi connectivity index (χ1n) is 5.58. The molecule has 0 unspecified atom stereocenters. The van der Waals surface area contributed by atoms with Crippen molar-refractivity contribution < 1.29 is 0 Å². The number of hydrogen-bond donors (Lipinski definition) is 0. The molecule has 0 fully saturated rings. The molecule has 2 aromatic carbocycles. The average Bonchev–Trinajstić information content (AvgIpc) is 2.30. The summed E-state index contributed by atoms with van der Waals surface area (Å²) in [5.74, 6) is 0. The van der Waals surface area contributed by atoms with Crippen molar-refractivity contribution in [3.63, 3.8) is 0 Å². The molecular formula is C15H16S. The minimum atomic E-state index is 0.641. The Bertz CT molecular complexity index is 429. The quantitative estimate of drug-likeness (QED) is 0.676. The van der Waals surface area contributed by atoms with Crippen LogP contribution < -0.4 is 0 Å². The fourth-order valence-electron chi connectivity index (χ4n) is 1.63. The van der Waals surface area contributed by atoms with Crippen LogP contribution in [-0.2, 0) is 0 Å². The van der Waals surface area contributed by atoms with E-state index in [2.05, 4.69) is 62.4 Å². The van der Waals surface area contributed by atoms with Gasteiger partial charge in [0.2, 0.25) is 0 Å². The third kappa shape index (κ3) is 2.89. The summed E-state index contributed by atoms with van der Waals surface area (Å²) in [5, 5.41) is 0.641. The average molecular weight is 228 g/mol. The van der Waals surface area contributed by atoms with Gasteiger partial charge >= 0.3 is 0 Å². The van der Waals surface area contributed by atoms with Crippen LogP contribution in [0.1, 0.15) is 13.8 Å². The van der Waals surface area contributed by atoms with Gasteiger partial charge in [0.15, 0.2) is 0 Å². The number of benzene rings is 2. The van der Waals surface area contributed by atoms with Gasteiger partial charge in [-0.15, -0.1) is 11.8 Å². The van der Waals surface area contributed by atoms with Crippen LogP contribution in [0.25, 0.3) is 11.1 Å². The van der Waals surface area contributed by atoms with Crippen LogP contribution >= 0.6 is 11.8 Å². The highest BCUT2D eigenvalue weighted by atomic mass is 32.2. The Morgan fingerprint density at radius 2 is 1.31 bits per heavy atom. The summed E-state index contributed by atoms with van der Waals surface area (Å²) in [7, 11) is 0. The molecule has 2 rings (SSSR count). The van der Waals surface area contributed by atoms with Crippen molar-refractivity contribution in [3.8, 4) is 11.1 Å². The Kier molecular flexibility index (Phi) is 3.68. The maximum Gasteiger partial charge on any atom is 0.00749 e. The zero-order chi connectivity index (χ0) is 11.4. The molecule has 0 bridgehead atoms. The van der Waals surface area contributed by atoms with Crippen molar-refractivity contribution in [1.82, 2.24) is 0 Å². The first-order valence-corrected chi connectivity index (χ1v) is 6.46. The smallest absolute Gasteiger partial charge is 0.00749 e. The summed E-state index contributed by atoms with van der Waals surface area (Å²) in [4.78, 5) is 1.34. The van der Waals surface area contributed by atoms with Crippen molar-refractivity contribution in [2.75, 3.05) is 0 Å². The Morgan fingerprint density at radius 3 is 1.88 bits per heavy atom. The molecule has 82 valence electrons. The molecule has 0 heterocycles. The topological polar surface area (TPSA) is 0 Å². The molecule has 0 aliphatic rings. The zero-order valence-electron chi connectivity index (χ0n) is 9.68. The molecule has 0 aliphatic carbocycles. The highest BCUT2D eigenvalue weighted by Crippen LogP contribution is 2.26. The number of hydrogen-bond acceptors (Lipinski definition) is 1. The van der Waals surface area contributed by atoms with Crippen LogP contribution in [0.15, 0.2) is 59.5 Å². The Morgan fingerprint density at radius 1 is 0.750 bits per heavy atom. The lowest BCUT2D eigenvalue weighted by Crippen LogP contribution is -1.85. The van der Waals surface area contributed by atoms with Gasteiger partial charge in [-0.2, -0.15) is 0 Å². The minimum Gasteiger partial charge on any atom is -0.123 e. The highest BCUT2D eigenvalue weighted by Gasteiger charge is 1.99. The monoisotopic (exact) mass is 228 g/mol. The Balaban J connectivity index is 2.20. The summed E-state index contributed by atoms with van der Waals surface area (Å²) < 4.78 is 0. The van der Waals surface area contributed by atoms with Crippen LogP contribution in [-0.4, -0.2) is 5.25 Å². The van der Waals surface area contributed by atoms with Gasteiger partial charge in [0.05, 0.1) is 0 Å². The van der Waals surface area contributed by atoms with Crippen molar-refractivity contribution in [3.05, 3.63) is 54.6 Å². The largest absolute Gasteiger partial charge is 0.123 e. The van der Waals surface area contributed by atoms with E-state index in [0.717, 1.165) is 0 Å². The summed E-state index contributed by atoms with van der Waals surface area (Å²) in [6, 6.07) is 19.3. The third-order valence-corrected chi connectivity index (χ3v) is 3.35. The van der Waals surface area contributed by atoms with E-state index in [4.69, 9.17) is 0 Å². The second-order valence-electron chi connectivity index (χ2n) is 4.06. The van der Waals surface area contributed by atoms with E-state index >= 15 is 0 Å². The lowest BCUT2D eigenvalue weighted by atomic mass is 10.1. The van der Waals surface area contributed by atoms with Crippen LogP contribution in [0.4, 0.5) is 0 Å². The molecule has 2 aromatic rings. The van der Waals surface area contributed by atoms with E-state index < -0.39 is 0 Å². The number of thioether (sulfide) groups is 1. The van der Waals surface area contributed by atoms with E-state index in [1.54, 1.807) is 0 Å². The SMILES string of the molecule is CC(C)Sc1ccc(-c2ccccc2)cc1. The second-order valence-corrected chi connectivity index (χ2v) is 5.71. The molecule has 1 heteroatoms. The summed E-state index contributed by atoms with van der Waals surface area (Å²) in [5.41, 5.74) is 2.57. The molecule has 0 aliphatic heterocycles. The molecule has 0 amide bonds. The fraction of sp³-hybridized carbons (Fsp3) is 0.200. The molecule has 16 heavy (non-hydrogen) atoms. The standard InChI is InChI=1S/C15H16S/c1-12(2)16-15-10-8-14(9-11-15)13-6-4-3-5-7-13/h3-12H,1-2H3. The van der Waals surface area contributed by atoms with Crippen LogP contribution in [0.3, 0.4) is 0 Å². The van der Waals surface area contributed by atoms with E-state index in [1.807, 2.05) is 17.8 Å². The maximum absolute atomic E-state index is 2.22. The predicted octanol–water partition coefficient (Wildman–Crippen LogP) is 4.85. The van der Waals surface area contributed by atoms with Crippen LogP contribution in [0, 0.1) is 0 Å². The lowest BCUT2D eigenvalue weighted by molar-refractivity contribution is 1.11. The molecule has 0 aromatic heterocycles. The van der Waals surface area contributed by atoms with Crippen molar-refractivity contribution >= 4 is 11.8 Å². The molecule has 0 nitrogen and oxygen atoms in total. The molecule has 0 atom stereocenters. The van der Waals surface area contributed by atoms with Gasteiger partial charge in [0, 0.05) is 10.1 Å². The summed E-state index contributed by atoms with van der Waals surface area (Å²) >= 11 is 1.90. The molecule has 0 radical (unpaired) electrons. The zero-order valence-corrected chi connectivity index (χ0v) is 10.5. The first-order chi connectivity index (χ1) is 7.75. The Labute approximate surface area is 102 Å². The predicted molar refractivity (Wildman–Crippen MR) is 72.9 cm³/mol. The molecule has 0 saturated heterocycles. The minimum absolute atomic E-state index is 0.641. The normalized spacial score (nSPS) is 10.7. The van der Waals surface area contributed by atoms with Gasteiger partial charge in [-0.05, 0) is 23.3 Å². The number of rotatable bonds is 3. The van der Waals surface area contributed by atoms with Crippen molar-refractivity contribution in [2.45, 2.75) is 24.0 Å². The van der Waals surface area contributed by atoms with Gasteiger partial charge < -0.3 is 0 Å². The van der Waals surface area contributed by atoms with Crippen molar-refractivity contribution in [2.24, 2.45) is 0 Å². The lowest BCUT2D eigenvalue weighted by Gasteiger charge is -2.06. The van der Waals surface area contributed by atoms with E-state index in [9.17, 15) is 0 Å². The third-order valence-electron chi connectivity index (χ3n) is 2.33. The van der Waals surface area contributed by atoms with Gasteiger partial charge in [0.25, 0.3) is 0 Å². The molecular weight excluding hydrogens is 212 g/mol. The first kappa shape index (κ1) is 11.3. The van der Waals surface area contributed by atoms with Crippen LogP contribution in [0.2, 0.25) is 0 Å². The molecule has 0 spiro atoms. The van der Waals surface area contributed by atoms with Crippen LogP contribution in [0.5, 0.6) is 0 Å².